The zero-order chi connectivity index (χ0) is 14.7. The molecule has 1 aromatic heterocycles. The molecule has 0 amide bonds. The first-order chi connectivity index (χ1) is 10.3. The summed E-state index contributed by atoms with van der Waals surface area (Å²) in [7, 11) is 3.30. The molecule has 3 rings (SSSR count). The van der Waals surface area contributed by atoms with E-state index in [9.17, 15) is 0 Å². The molecule has 106 valence electrons. The zero-order valence-corrected chi connectivity index (χ0v) is 12.7. The number of benzene rings is 2. The molecule has 0 saturated carbocycles. The summed E-state index contributed by atoms with van der Waals surface area (Å²) in [5.74, 6) is 1.55. The molecule has 0 N–H and O–H groups in total. The molecule has 0 aliphatic rings. The molecule has 0 aliphatic carbocycles. The van der Waals surface area contributed by atoms with Gasteiger partial charge in [-0.25, -0.2) is 4.98 Å². The van der Waals surface area contributed by atoms with Crippen molar-refractivity contribution < 1.29 is 9.47 Å². The number of nitrogens with zero attached hydrogens (tertiary/aromatic N) is 1. The Morgan fingerprint density at radius 1 is 0.952 bits per heavy atom. The van der Waals surface area contributed by atoms with Crippen molar-refractivity contribution >= 4 is 33.7 Å². The highest BCUT2D eigenvalue weighted by Crippen LogP contribution is 2.26. The highest BCUT2D eigenvalue weighted by Gasteiger charge is 2.01. The molecular formula is C17H15NO2S. The fourth-order valence-electron chi connectivity index (χ4n) is 2.05. The number of hydrogen-bond donors (Lipinski definition) is 0. The summed E-state index contributed by atoms with van der Waals surface area (Å²) in [4.78, 5) is 4.58. The lowest BCUT2D eigenvalue weighted by Crippen LogP contribution is -1.88. The minimum absolute atomic E-state index is 0.776. The van der Waals surface area contributed by atoms with Crippen molar-refractivity contribution in [1.82, 2.24) is 4.98 Å². The van der Waals surface area contributed by atoms with Gasteiger partial charge in [-0.2, -0.15) is 0 Å². The maximum Gasteiger partial charge on any atom is 0.123 e. The van der Waals surface area contributed by atoms with Crippen LogP contribution in [0.5, 0.6) is 11.5 Å². The van der Waals surface area contributed by atoms with Gasteiger partial charge in [0, 0.05) is 6.07 Å². The molecule has 2 aromatic carbocycles. The SMILES string of the molecule is COc1cc(C=Cc2nc3ccccc3s2)cc(OC)c1. The van der Waals surface area contributed by atoms with Gasteiger partial charge in [-0.15, -0.1) is 11.3 Å². The highest BCUT2D eigenvalue weighted by molar-refractivity contribution is 7.19. The lowest BCUT2D eigenvalue weighted by atomic mass is 10.2. The standard InChI is InChI=1S/C17H15NO2S/c1-19-13-9-12(10-14(11-13)20-2)7-8-17-18-15-5-3-4-6-16(15)21-17/h3-11H,1-2H3. The van der Waals surface area contributed by atoms with Crippen LogP contribution < -0.4 is 9.47 Å². The smallest absolute Gasteiger partial charge is 0.123 e. The molecular weight excluding hydrogens is 282 g/mol. The molecule has 0 saturated heterocycles. The van der Waals surface area contributed by atoms with Gasteiger partial charge in [0.05, 0.1) is 24.4 Å². The highest BCUT2D eigenvalue weighted by atomic mass is 32.1. The van der Waals surface area contributed by atoms with E-state index in [1.807, 2.05) is 48.6 Å². The van der Waals surface area contributed by atoms with Crippen molar-refractivity contribution in [2.24, 2.45) is 0 Å². The van der Waals surface area contributed by atoms with Crippen LogP contribution in [0.15, 0.2) is 42.5 Å². The molecule has 0 bridgehead atoms. The molecule has 3 aromatic rings. The van der Waals surface area contributed by atoms with Gasteiger partial charge in [-0.05, 0) is 35.9 Å². The summed E-state index contributed by atoms with van der Waals surface area (Å²) >= 11 is 1.68. The molecule has 0 radical (unpaired) electrons. The van der Waals surface area contributed by atoms with E-state index >= 15 is 0 Å². The van der Waals surface area contributed by atoms with Gasteiger partial charge >= 0.3 is 0 Å². The van der Waals surface area contributed by atoms with Crippen molar-refractivity contribution in [1.29, 1.82) is 0 Å². The Kier molecular flexibility index (Phi) is 3.88. The Labute approximate surface area is 127 Å². The van der Waals surface area contributed by atoms with Gasteiger partial charge < -0.3 is 9.47 Å². The second-order valence-corrected chi connectivity index (χ2v) is 5.56. The summed E-state index contributed by atoms with van der Waals surface area (Å²) in [6, 6.07) is 13.9. The first-order valence-corrected chi connectivity index (χ1v) is 7.37. The Morgan fingerprint density at radius 3 is 2.33 bits per heavy atom. The summed E-state index contributed by atoms with van der Waals surface area (Å²) in [6.45, 7) is 0. The largest absolute Gasteiger partial charge is 0.497 e. The van der Waals surface area contributed by atoms with Crippen LogP contribution in [0.2, 0.25) is 0 Å². The monoisotopic (exact) mass is 297 g/mol. The first kappa shape index (κ1) is 13.6. The summed E-state index contributed by atoms with van der Waals surface area (Å²) in [5.41, 5.74) is 2.05. The molecule has 0 unspecified atom stereocenters. The van der Waals surface area contributed by atoms with E-state index < -0.39 is 0 Å². The van der Waals surface area contributed by atoms with Crippen molar-refractivity contribution in [3.05, 3.63) is 53.0 Å². The third-order valence-electron chi connectivity index (χ3n) is 3.10. The van der Waals surface area contributed by atoms with E-state index in [0.29, 0.717) is 0 Å². The van der Waals surface area contributed by atoms with Crippen LogP contribution in [0.1, 0.15) is 10.6 Å². The molecule has 0 aliphatic heterocycles. The van der Waals surface area contributed by atoms with Crippen LogP contribution in [-0.4, -0.2) is 19.2 Å². The topological polar surface area (TPSA) is 31.4 Å². The summed E-state index contributed by atoms with van der Waals surface area (Å²) in [6.07, 6.45) is 4.03. The maximum absolute atomic E-state index is 5.27. The number of hydrogen-bond acceptors (Lipinski definition) is 4. The van der Waals surface area contributed by atoms with Gasteiger partial charge in [0.1, 0.15) is 16.5 Å². The molecule has 1 heterocycles. The van der Waals surface area contributed by atoms with Gasteiger partial charge in [-0.1, -0.05) is 18.2 Å². The van der Waals surface area contributed by atoms with E-state index in [2.05, 4.69) is 11.1 Å². The van der Waals surface area contributed by atoms with E-state index in [0.717, 1.165) is 27.6 Å². The summed E-state index contributed by atoms with van der Waals surface area (Å²) < 4.78 is 11.7. The molecule has 0 fully saturated rings. The predicted molar refractivity (Wildman–Crippen MR) is 88.1 cm³/mol. The fraction of sp³-hybridized carbons (Fsp3) is 0.118. The molecule has 4 heteroatoms. The molecule has 21 heavy (non-hydrogen) atoms. The Bertz CT molecular complexity index is 737. The van der Waals surface area contributed by atoms with Crippen molar-refractivity contribution in [3.8, 4) is 11.5 Å². The zero-order valence-electron chi connectivity index (χ0n) is 11.9. The predicted octanol–water partition coefficient (Wildman–Crippen LogP) is 4.48. The molecule has 0 spiro atoms. The van der Waals surface area contributed by atoms with E-state index in [4.69, 9.17) is 9.47 Å². The number of thiazole rings is 1. The van der Waals surface area contributed by atoms with Crippen molar-refractivity contribution in [3.63, 3.8) is 0 Å². The third kappa shape index (κ3) is 3.06. The van der Waals surface area contributed by atoms with Crippen LogP contribution in [0.3, 0.4) is 0 Å². The lowest BCUT2D eigenvalue weighted by molar-refractivity contribution is 0.394. The average Bonchev–Trinajstić information content (AvgIpc) is 2.95. The van der Waals surface area contributed by atoms with E-state index in [1.54, 1.807) is 25.6 Å². The van der Waals surface area contributed by atoms with Gasteiger partial charge in [0.15, 0.2) is 0 Å². The van der Waals surface area contributed by atoms with E-state index in [-0.39, 0.29) is 0 Å². The number of para-hydroxylation sites is 1. The Morgan fingerprint density at radius 2 is 1.67 bits per heavy atom. The Balaban J connectivity index is 1.91. The van der Waals surface area contributed by atoms with Gasteiger partial charge in [0.25, 0.3) is 0 Å². The third-order valence-corrected chi connectivity index (χ3v) is 4.10. The quantitative estimate of drug-likeness (QED) is 0.711. The number of ether oxygens (including phenoxy) is 2. The van der Waals surface area contributed by atoms with E-state index in [1.165, 1.54) is 4.70 Å². The maximum atomic E-state index is 5.27. The lowest BCUT2D eigenvalue weighted by Gasteiger charge is -2.05. The van der Waals surface area contributed by atoms with Crippen LogP contribution in [0.25, 0.3) is 22.4 Å². The van der Waals surface area contributed by atoms with Crippen LogP contribution in [0, 0.1) is 0 Å². The number of methoxy groups -OCH3 is 2. The van der Waals surface area contributed by atoms with Crippen LogP contribution in [-0.2, 0) is 0 Å². The Hall–Kier alpha value is -2.33. The minimum atomic E-state index is 0.776. The average molecular weight is 297 g/mol. The van der Waals surface area contributed by atoms with Gasteiger partial charge in [0.2, 0.25) is 0 Å². The fourth-order valence-corrected chi connectivity index (χ4v) is 2.92. The number of aromatic nitrogens is 1. The van der Waals surface area contributed by atoms with Gasteiger partial charge in [-0.3, -0.25) is 0 Å². The summed E-state index contributed by atoms with van der Waals surface area (Å²) in [5, 5.41) is 0.984. The van der Waals surface area contributed by atoms with Crippen LogP contribution in [0.4, 0.5) is 0 Å². The molecule has 3 nitrogen and oxygen atoms in total. The normalized spacial score (nSPS) is 11.1. The van der Waals surface area contributed by atoms with Crippen molar-refractivity contribution in [2.45, 2.75) is 0 Å². The second-order valence-electron chi connectivity index (χ2n) is 4.50. The van der Waals surface area contributed by atoms with Crippen molar-refractivity contribution in [2.75, 3.05) is 14.2 Å². The number of rotatable bonds is 4. The second kappa shape index (κ2) is 5.97. The molecule has 0 atom stereocenters. The first-order valence-electron chi connectivity index (χ1n) is 6.55. The minimum Gasteiger partial charge on any atom is -0.497 e. The van der Waals surface area contributed by atoms with Crippen LogP contribution >= 0.6 is 11.3 Å². The number of fused-ring (bicyclic) bond motifs is 1.